The van der Waals surface area contributed by atoms with Gasteiger partial charge in [0.15, 0.2) is 0 Å². The second-order valence-electron chi connectivity index (χ2n) is 7.67. The van der Waals surface area contributed by atoms with E-state index in [-0.39, 0.29) is 11.0 Å². The van der Waals surface area contributed by atoms with Crippen molar-refractivity contribution in [2.75, 3.05) is 0 Å². The van der Waals surface area contributed by atoms with Crippen molar-refractivity contribution in [3.05, 3.63) is 27.8 Å². The van der Waals surface area contributed by atoms with Crippen LogP contribution >= 0.6 is 0 Å². The van der Waals surface area contributed by atoms with Crippen LogP contribution in [0.25, 0.3) is 0 Å². The van der Waals surface area contributed by atoms with E-state index in [2.05, 4.69) is 69.2 Å². The van der Waals surface area contributed by atoms with Gasteiger partial charge in [-0.25, -0.2) is 0 Å². The summed E-state index contributed by atoms with van der Waals surface area (Å²) in [5, 5.41) is 0. The average Bonchev–Trinajstić information content (AvgIpc) is 2.18. The van der Waals surface area contributed by atoms with E-state index >= 15 is 0 Å². The van der Waals surface area contributed by atoms with Gasteiger partial charge in [0.2, 0.25) is 0 Å². The highest BCUT2D eigenvalue weighted by atomic mass is 16.5. The van der Waals surface area contributed by atoms with E-state index in [1.807, 2.05) is 0 Å². The predicted molar refractivity (Wildman–Crippen MR) is 84.5 cm³/mol. The number of benzene rings is 1. The minimum atomic E-state index is -0.155. The number of rotatable bonds is 1. The lowest BCUT2D eigenvalue weighted by Crippen LogP contribution is -2.25. The van der Waals surface area contributed by atoms with Crippen LogP contribution < -0.4 is 4.74 Å². The molecule has 0 aliphatic rings. The highest BCUT2D eigenvalue weighted by Crippen LogP contribution is 2.39. The first-order valence-electron chi connectivity index (χ1n) is 7.16. The Hall–Kier alpha value is -0.980. The van der Waals surface area contributed by atoms with Gasteiger partial charge in [-0.1, -0.05) is 20.8 Å². The van der Waals surface area contributed by atoms with Crippen LogP contribution in [0.5, 0.6) is 5.75 Å². The summed E-state index contributed by atoms with van der Waals surface area (Å²) in [5.41, 5.74) is 6.78. The molecule has 0 saturated carbocycles. The van der Waals surface area contributed by atoms with Gasteiger partial charge in [-0.2, -0.15) is 0 Å². The Morgan fingerprint density at radius 2 is 1.00 bits per heavy atom. The fourth-order valence-electron chi connectivity index (χ4n) is 2.86. The van der Waals surface area contributed by atoms with Crippen LogP contribution in [0.15, 0.2) is 0 Å². The first kappa shape index (κ1) is 16.1. The summed E-state index contributed by atoms with van der Waals surface area (Å²) in [7, 11) is 0. The maximum Gasteiger partial charge on any atom is 0.126 e. The van der Waals surface area contributed by atoms with Crippen LogP contribution in [0, 0.1) is 27.7 Å². The van der Waals surface area contributed by atoms with Gasteiger partial charge in [0.25, 0.3) is 0 Å². The molecule has 0 unspecified atom stereocenters. The molecule has 0 atom stereocenters. The van der Waals surface area contributed by atoms with E-state index in [0.717, 1.165) is 5.75 Å². The molecule has 1 rings (SSSR count). The van der Waals surface area contributed by atoms with E-state index in [9.17, 15) is 0 Å². The highest BCUT2D eigenvalue weighted by Gasteiger charge is 2.25. The normalized spacial score (nSPS) is 12.7. The summed E-state index contributed by atoms with van der Waals surface area (Å²) in [6, 6.07) is 0. The lowest BCUT2D eigenvalue weighted by Gasteiger charge is -2.31. The second kappa shape index (κ2) is 4.85. The lowest BCUT2D eigenvalue weighted by molar-refractivity contribution is 0.128. The summed E-state index contributed by atoms with van der Waals surface area (Å²) in [6.45, 7) is 22.0. The quantitative estimate of drug-likeness (QED) is 0.659. The Labute approximate surface area is 119 Å². The van der Waals surface area contributed by atoms with Crippen molar-refractivity contribution in [3.63, 3.8) is 0 Å². The van der Waals surface area contributed by atoms with Gasteiger partial charge in [-0.3, -0.25) is 0 Å². The summed E-state index contributed by atoms with van der Waals surface area (Å²) in [4.78, 5) is 0. The highest BCUT2D eigenvalue weighted by molar-refractivity contribution is 5.56. The van der Waals surface area contributed by atoms with Crippen molar-refractivity contribution >= 4 is 0 Å². The zero-order valence-corrected chi connectivity index (χ0v) is 14.4. The fourth-order valence-corrected chi connectivity index (χ4v) is 2.86. The number of hydrogen-bond donors (Lipinski definition) is 0. The fraction of sp³-hybridized carbons (Fsp3) is 0.667. The van der Waals surface area contributed by atoms with Crippen LogP contribution in [0.3, 0.4) is 0 Å². The molecule has 1 aromatic rings. The summed E-state index contributed by atoms with van der Waals surface area (Å²) in [5.74, 6) is 1.07. The van der Waals surface area contributed by atoms with Crippen LogP contribution in [-0.4, -0.2) is 5.60 Å². The first-order valence-corrected chi connectivity index (χ1v) is 7.16. The van der Waals surface area contributed by atoms with Gasteiger partial charge in [0.1, 0.15) is 11.4 Å². The van der Waals surface area contributed by atoms with E-state index in [0.29, 0.717) is 0 Å². The number of hydrogen-bond acceptors (Lipinski definition) is 1. The molecule has 0 spiro atoms. The molecule has 0 bridgehead atoms. The van der Waals surface area contributed by atoms with E-state index in [4.69, 9.17) is 4.74 Å². The zero-order valence-electron chi connectivity index (χ0n) is 14.4. The predicted octanol–water partition coefficient (Wildman–Crippen LogP) is 5.40. The third-order valence-corrected chi connectivity index (χ3v) is 3.71. The third-order valence-electron chi connectivity index (χ3n) is 3.71. The molecular formula is C18H30O. The average molecular weight is 262 g/mol. The molecule has 0 aromatic heterocycles. The van der Waals surface area contributed by atoms with E-state index < -0.39 is 0 Å². The lowest BCUT2D eigenvalue weighted by atomic mass is 9.78. The monoisotopic (exact) mass is 262 g/mol. The standard InChI is InChI=1S/C18H30O/c1-11-13(3)16(19-18(8,9)10)14(4)12(2)15(11)17(5,6)7/h1-10H3. The molecule has 108 valence electrons. The molecule has 0 aliphatic heterocycles. The van der Waals surface area contributed by atoms with Crippen LogP contribution in [0.2, 0.25) is 0 Å². The van der Waals surface area contributed by atoms with Gasteiger partial charge in [0.05, 0.1) is 0 Å². The van der Waals surface area contributed by atoms with Crippen molar-refractivity contribution in [1.82, 2.24) is 0 Å². The van der Waals surface area contributed by atoms with E-state index in [1.165, 1.54) is 27.8 Å². The van der Waals surface area contributed by atoms with Crippen LogP contribution in [0.4, 0.5) is 0 Å². The molecule has 0 fully saturated rings. The number of ether oxygens (including phenoxy) is 1. The van der Waals surface area contributed by atoms with Crippen molar-refractivity contribution in [1.29, 1.82) is 0 Å². The topological polar surface area (TPSA) is 9.23 Å². The molecule has 0 saturated heterocycles. The smallest absolute Gasteiger partial charge is 0.126 e. The maximum absolute atomic E-state index is 6.19. The molecule has 1 heteroatoms. The molecule has 0 heterocycles. The SMILES string of the molecule is Cc1c(C)c(C(C)(C)C)c(C)c(C)c1OC(C)(C)C. The Balaban J connectivity index is 3.57. The Morgan fingerprint density at radius 1 is 0.632 bits per heavy atom. The van der Waals surface area contributed by atoms with Gasteiger partial charge in [-0.15, -0.1) is 0 Å². The second-order valence-corrected chi connectivity index (χ2v) is 7.67. The third kappa shape index (κ3) is 3.32. The van der Waals surface area contributed by atoms with Gasteiger partial charge in [-0.05, 0) is 81.7 Å². The van der Waals surface area contributed by atoms with Gasteiger partial charge in [0, 0.05) is 0 Å². The maximum atomic E-state index is 6.19. The Bertz CT molecular complexity index is 453. The Morgan fingerprint density at radius 3 is 1.26 bits per heavy atom. The molecule has 1 nitrogen and oxygen atoms in total. The van der Waals surface area contributed by atoms with Crippen molar-refractivity contribution in [2.45, 2.75) is 80.3 Å². The molecule has 0 N–H and O–H groups in total. The molecule has 0 aliphatic carbocycles. The summed E-state index contributed by atoms with van der Waals surface area (Å²) < 4.78 is 6.19. The summed E-state index contributed by atoms with van der Waals surface area (Å²) >= 11 is 0. The van der Waals surface area contributed by atoms with Crippen molar-refractivity contribution in [3.8, 4) is 5.75 Å². The minimum absolute atomic E-state index is 0.155. The molecule has 0 radical (unpaired) electrons. The molecule has 0 amide bonds. The van der Waals surface area contributed by atoms with Crippen LogP contribution in [0.1, 0.15) is 69.4 Å². The summed E-state index contributed by atoms with van der Waals surface area (Å²) in [6.07, 6.45) is 0. The van der Waals surface area contributed by atoms with E-state index in [1.54, 1.807) is 0 Å². The molecular weight excluding hydrogens is 232 g/mol. The van der Waals surface area contributed by atoms with Gasteiger partial charge >= 0.3 is 0 Å². The zero-order chi connectivity index (χ0) is 15.2. The van der Waals surface area contributed by atoms with Crippen molar-refractivity contribution < 1.29 is 4.74 Å². The molecule has 1 aromatic carbocycles. The van der Waals surface area contributed by atoms with Crippen LogP contribution in [-0.2, 0) is 5.41 Å². The minimum Gasteiger partial charge on any atom is -0.488 e. The van der Waals surface area contributed by atoms with Gasteiger partial charge < -0.3 is 4.74 Å². The van der Waals surface area contributed by atoms with Crippen molar-refractivity contribution in [2.24, 2.45) is 0 Å². The molecule has 19 heavy (non-hydrogen) atoms. The Kier molecular flexibility index (Phi) is 4.10. The largest absolute Gasteiger partial charge is 0.488 e. The first-order chi connectivity index (χ1) is 8.36.